The molecule has 0 spiro atoms. The van der Waals surface area contributed by atoms with Crippen molar-refractivity contribution in [3.63, 3.8) is 0 Å². The van der Waals surface area contributed by atoms with Crippen LogP contribution in [0.25, 0.3) is 207 Å². The van der Waals surface area contributed by atoms with Crippen molar-refractivity contribution < 1.29 is 27.0 Å². The van der Waals surface area contributed by atoms with Gasteiger partial charge in [-0.05, 0) is 202 Å². The predicted molar refractivity (Wildman–Crippen MR) is 445 cm³/mol. The van der Waals surface area contributed by atoms with E-state index >= 15 is 0 Å². The van der Waals surface area contributed by atoms with Crippen LogP contribution in [0.15, 0.2) is 333 Å². The summed E-state index contributed by atoms with van der Waals surface area (Å²) < 4.78 is 38.3. The van der Waals surface area contributed by atoms with Gasteiger partial charge in [0, 0.05) is 55.2 Å². The first-order valence-electron chi connectivity index (χ1n) is 36.5. The molecule has 502 valence electrons. The molecule has 0 aliphatic carbocycles. The minimum absolute atomic E-state index is 0.395. The maximum Gasteiger partial charge on any atom is 0.496 e. The summed E-state index contributed by atoms with van der Waals surface area (Å²) in [4.78, 5) is 0. The number of hydrogen-bond donors (Lipinski definition) is 0. The third kappa shape index (κ3) is 9.46. The van der Waals surface area contributed by atoms with Gasteiger partial charge in [0.1, 0.15) is 44.7 Å². The number of rotatable bonds is 4. The largest absolute Gasteiger partial charge is 0.496 e. The van der Waals surface area contributed by atoms with Crippen molar-refractivity contribution in [2.45, 2.75) is 45.8 Å². The summed E-state index contributed by atoms with van der Waals surface area (Å²) in [5.74, 6) is 0. The molecular formula is C99H67BO6. The van der Waals surface area contributed by atoms with Crippen LogP contribution in [0.2, 0.25) is 0 Å². The molecule has 106 heavy (non-hydrogen) atoms. The Morgan fingerprint density at radius 2 is 0.528 bits per heavy atom. The average molecular weight is 1360 g/mol. The Hall–Kier alpha value is -12.8. The fourth-order valence-corrected chi connectivity index (χ4v) is 17.4. The molecule has 7 heteroatoms. The first-order valence-corrected chi connectivity index (χ1v) is 36.5. The molecule has 0 radical (unpaired) electrons. The smallest absolute Gasteiger partial charge is 0.456 e. The van der Waals surface area contributed by atoms with Gasteiger partial charge in [-0.3, -0.25) is 0 Å². The van der Waals surface area contributed by atoms with E-state index in [0.717, 1.165) is 87.8 Å². The maximum atomic E-state index is 6.73. The molecule has 0 saturated carbocycles. The predicted octanol–water partition coefficient (Wildman–Crippen LogP) is 27.5. The second kappa shape index (κ2) is 23.6. The summed E-state index contributed by atoms with van der Waals surface area (Å²) in [7, 11) is -0.425. The Bertz CT molecular complexity index is 7310. The van der Waals surface area contributed by atoms with Gasteiger partial charge in [0.25, 0.3) is 0 Å². The van der Waals surface area contributed by atoms with Gasteiger partial charge in [0.2, 0.25) is 0 Å². The summed E-state index contributed by atoms with van der Waals surface area (Å²) in [6, 6.07) is 112. The van der Waals surface area contributed by atoms with Crippen LogP contribution in [0.4, 0.5) is 0 Å². The lowest BCUT2D eigenvalue weighted by Crippen LogP contribution is -2.41. The highest BCUT2D eigenvalue weighted by molar-refractivity contribution is 6.69. The van der Waals surface area contributed by atoms with Crippen LogP contribution in [0, 0.1) is 6.92 Å². The minimum atomic E-state index is -0.425. The quantitative estimate of drug-likeness (QED) is 0.129. The Morgan fingerprint density at radius 1 is 0.217 bits per heavy atom. The Morgan fingerprint density at radius 3 is 0.981 bits per heavy atom. The van der Waals surface area contributed by atoms with Gasteiger partial charge in [-0.25, -0.2) is 0 Å². The summed E-state index contributed by atoms with van der Waals surface area (Å²) in [5.41, 5.74) is 16.0. The maximum absolute atomic E-state index is 6.73. The first kappa shape index (κ1) is 61.9. The van der Waals surface area contributed by atoms with Gasteiger partial charge in [-0.15, -0.1) is 0 Å². The molecule has 1 aliphatic heterocycles. The fourth-order valence-electron chi connectivity index (χ4n) is 17.4. The molecule has 4 aromatic heterocycles. The highest BCUT2D eigenvalue weighted by Gasteiger charge is 2.52. The molecule has 1 fully saturated rings. The van der Waals surface area contributed by atoms with Gasteiger partial charge in [-0.1, -0.05) is 267 Å². The van der Waals surface area contributed by atoms with Gasteiger partial charge < -0.3 is 27.0 Å². The van der Waals surface area contributed by atoms with Crippen molar-refractivity contribution in [1.82, 2.24) is 0 Å². The average Bonchev–Trinajstić information content (AvgIpc) is 1.15. The standard InChI is InChI=1S/C46H26O2.C30H27BO2.C23H14O2/c1-2-14-28-27(12-1)13-11-22-31(28)44-33-18-5-7-20-35(33)45(36-21-8-6-19-34(36)44)38-25-43-46(32-17-4-3-15-29(32)38)39-24-37-30-16-9-10-23-40(30)47-41(37)26-42(39)48-43;1-29(2)30(3,4)33-31(32-29)28-25-17-9-7-15-23(25)27(24-16-8-10-18-26(24)28)22-19-11-13-20-12-5-6-14-21(20)22;1-13-10-22-23(16-8-3-2-6-14(13)16)18-11-17-15-7-4-5-9-19(15)24-20(17)12-21(18)25-22/h1-26H;5-19H,1-4H3;2-12H,1H3. The first-order chi connectivity index (χ1) is 52.0. The molecule has 1 saturated heterocycles. The monoisotopic (exact) mass is 1360 g/mol. The van der Waals surface area contributed by atoms with Crippen LogP contribution in [0.5, 0.6) is 0 Å². The minimum Gasteiger partial charge on any atom is -0.456 e. The third-order valence-electron chi connectivity index (χ3n) is 22.9. The highest BCUT2D eigenvalue weighted by Crippen LogP contribution is 2.51. The number of fused-ring (bicyclic) bond motifs is 22. The fraction of sp³-hybridized carbons (Fsp3) is 0.0707. The molecule has 23 rings (SSSR count). The number of para-hydroxylation sites is 2. The normalized spacial score (nSPS) is 13.8. The van der Waals surface area contributed by atoms with Crippen molar-refractivity contribution in [3.8, 4) is 33.4 Å². The van der Waals surface area contributed by atoms with Crippen LogP contribution in [0.1, 0.15) is 33.3 Å². The molecular weight excluding hydrogens is 1300 g/mol. The van der Waals surface area contributed by atoms with Crippen molar-refractivity contribution >= 4 is 187 Å². The third-order valence-corrected chi connectivity index (χ3v) is 22.9. The molecule has 18 aromatic carbocycles. The van der Waals surface area contributed by atoms with E-state index in [0.29, 0.717) is 0 Å². The zero-order valence-corrected chi connectivity index (χ0v) is 59.0. The van der Waals surface area contributed by atoms with Crippen molar-refractivity contribution in [1.29, 1.82) is 0 Å². The second-order valence-electron chi connectivity index (χ2n) is 29.4. The van der Waals surface area contributed by atoms with Gasteiger partial charge in [0.15, 0.2) is 0 Å². The molecule has 0 unspecified atom stereocenters. The molecule has 0 N–H and O–H groups in total. The number of benzene rings is 18. The number of hydrogen-bond acceptors (Lipinski definition) is 6. The molecule has 0 atom stereocenters. The number of furan rings is 4. The van der Waals surface area contributed by atoms with E-state index < -0.39 is 18.3 Å². The molecule has 1 aliphatic rings. The zero-order valence-electron chi connectivity index (χ0n) is 59.0. The van der Waals surface area contributed by atoms with Crippen LogP contribution < -0.4 is 5.46 Å². The Balaban J connectivity index is 0.000000108. The lowest BCUT2D eigenvalue weighted by Gasteiger charge is -2.32. The zero-order chi connectivity index (χ0) is 70.7. The van der Waals surface area contributed by atoms with Crippen LogP contribution >= 0.6 is 0 Å². The molecule has 5 heterocycles. The van der Waals surface area contributed by atoms with E-state index in [2.05, 4.69) is 314 Å². The highest BCUT2D eigenvalue weighted by atomic mass is 16.7. The Labute approximate surface area is 609 Å². The van der Waals surface area contributed by atoms with E-state index in [9.17, 15) is 0 Å². The van der Waals surface area contributed by atoms with Crippen LogP contribution in [-0.2, 0) is 9.31 Å². The van der Waals surface area contributed by atoms with Crippen LogP contribution in [-0.4, -0.2) is 18.3 Å². The molecule has 22 aromatic rings. The molecule has 0 amide bonds. The van der Waals surface area contributed by atoms with Gasteiger partial charge >= 0.3 is 7.12 Å². The molecule has 6 nitrogen and oxygen atoms in total. The summed E-state index contributed by atoms with van der Waals surface area (Å²) in [6.45, 7) is 10.6. The van der Waals surface area contributed by atoms with E-state index in [-0.39, 0.29) is 0 Å². The lowest BCUT2D eigenvalue weighted by molar-refractivity contribution is 0.00578. The topological polar surface area (TPSA) is 71.0 Å². The number of aryl methyl sites for hydroxylation is 1. The van der Waals surface area contributed by atoms with E-state index in [1.165, 1.54) is 131 Å². The van der Waals surface area contributed by atoms with Gasteiger partial charge in [-0.2, -0.15) is 0 Å². The Kier molecular flexibility index (Phi) is 13.8. The summed E-state index contributed by atoms with van der Waals surface area (Å²) >= 11 is 0. The van der Waals surface area contributed by atoms with Crippen LogP contribution in [0.3, 0.4) is 0 Å². The van der Waals surface area contributed by atoms with Crippen molar-refractivity contribution in [2.75, 3.05) is 0 Å². The van der Waals surface area contributed by atoms with E-state index in [4.69, 9.17) is 27.0 Å². The molecule has 0 bridgehead atoms. The van der Waals surface area contributed by atoms with Gasteiger partial charge in [0.05, 0.1) is 11.2 Å². The van der Waals surface area contributed by atoms with E-state index in [1.54, 1.807) is 0 Å². The van der Waals surface area contributed by atoms with Crippen molar-refractivity contribution in [3.05, 3.63) is 321 Å². The lowest BCUT2D eigenvalue weighted by atomic mass is 9.71. The second-order valence-corrected chi connectivity index (χ2v) is 29.4. The van der Waals surface area contributed by atoms with Crippen molar-refractivity contribution in [2.24, 2.45) is 0 Å². The summed E-state index contributed by atoms with van der Waals surface area (Å²) in [6.07, 6.45) is 0. The SMILES string of the molecule is CC1(C)OB(c2c3ccccc3c(-c3cccc4ccccc34)c3ccccc23)OC1(C)C.Cc1cc2oc3cc4oc5ccccc5c4cc3c2c2ccccc12.c1ccc2c(-c3c4ccccc4c(-c4cc5oc6cc7oc8ccccc8c7cc6c5c5ccccc45)c4ccccc34)cccc2c1. The summed E-state index contributed by atoms with van der Waals surface area (Å²) in [5, 5.41) is 28.7. The van der Waals surface area contributed by atoms with E-state index in [1.807, 2.05) is 36.4 Å².